The zero-order valence-electron chi connectivity index (χ0n) is 21.2. The first kappa shape index (κ1) is 28.2. The van der Waals surface area contributed by atoms with Gasteiger partial charge in [0.1, 0.15) is 5.82 Å². The number of carbonyl (C=O) groups excluding carboxylic acids is 2. The molecule has 8 nitrogen and oxygen atoms in total. The number of carbonyl (C=O) groups is 2. The van der Waals surface area contributed by atoms with E-state index in [0.717, 1.165) is 12.0 Å². The van der Waals surface area contributed by atoms with Crippen LogP contribution in [0.5, 0.6) is 0 Å². The Labute approximate surface area is 249 Å². The summed E-state index contributed by atoms with van der Waals surface area (Å²) in [7, 11) is 0. The Bertz CT molecular complexity index is 1540. The molecule has 1 unspecified atom stereocenters. The molecule has 1 amide bonds. The fourth-order valence-corrected chi connectivity index (χ4v) is 7.23. The van der Waals surface area contributed by atoms with E-state index in [0.29, 0.717) is 62.2 Å². The van der Waals surface area contributed by atoms with Crippen molar-refractivity contribution in [1.82, 2.24) is 15.5 Å². The van der Waals surface area contributed by atoms with Gasteiger partial charge in [0.05, 0.1) is 23.3 Å². The standard InChI is InChI=1S/C28H24Cl2N6O2S2/c29-18-8-4-9-19(30)24(18)23-17(14-31)26(32)36(20-10-5-11-21(37)25(20)23)27-34-35-28(40-27)39-15-22(38)33-13-12-16-6-2-1-3-7-16/h1-4,6-9,23H,5,10-13,15,32H2,(H,33,38). The van der Waals surface area contributed by atoms with Crippen molar-refractivity contribution in [2.45, 2.75) is 35.9 Å². The van der Waals surface area contributed by atoms with E-state index < -0.39 is 5.92 Å². The smallest absolute Gasteiger partial charge is 0.230 e. The highest BCUT2D eigenvalue weighted by molar-refractivity contribution is 8.01. The number of rotatable bonds is 8. The molecule has 0 radical (unpaired) electrons. The third kappa shape index (κ3) is 5.74. The highest BCUT2D eigenvalue weighted by atomic mass is 35.5. The maximum atomic E-state index is 13.3. The number of aromatic nitrogens is 2. The second-order valence-corrected chi connectivity index (χ2v) is 12.2. The lowest BCUT2D eigenvalue weighted by atomic mass is 9.75. The number of nitriles is 1. The number of thioether (sulfide) groups is 1. The Balaban J connectivity index is 1.37. The van der Waals surface area contributed by atoms with Gasteiger partial charge in [0.15, 0.2) is 10.1 Å². The predicted octanol–water partition coefficient (Wildman–Crippen LogP) is 5.60. The van der Waals surface area contributed by atoms with Gasteiger partial charge in [-0.05, 0) is 37.0 Å². The molecule has 40 heavy (non-hydrogen) atoms. The van der Waals surface area contributed by atoms with Crippen molar-refractivity contribution in [3.05, 3.63) is 92.4 Å². The zero-order chi connectivity index (χ0) is 28.2. The van der Waals surface area contributed by atoms with Crippen molar-refractivity contribution in [2.75, 3.05) is 17.2 Å². The van der Waals surface area contributed by atoms with Crippen molar-refractivity contribution >= 4 is 63.1 Å². The number of nitrogens with zero attached hydrogens (tertiary/aromatic N) is 4. The molecular formula is C28H24Cl2N6O2S2. The number of Topliss-reactive ketones (excluding diaryl/α,β-unsaturated/α-hetero) is 1. The molecule has 0 bridgehead atoms. The van der Waals surface area contributed by atoms with Crippen LogP contribution in [-0.4, -0.2) is 34.2 Å². The molecule has 12 heteroatoms. The van der Waals surface area contributed by atoms with Crippen molar-refractivity contribution in [1.29, 1.82) is 5.26 Å². The highest BCUT2D eigenvalue weighted by Gasteiger charge is 2.42. The Hall–Kier alpha value is -3.36. The van der Waals surface area contributed by atoms with Crippen LogP contribution in [0.3, 0.4) is 0 Å². The molecule has 3 aromatic rings. The quantitative estimate of drug-likeness (QED) is 0.316. The first-order valence-corrected chi connectivity index (χ1v) is 15.1. The second-order valence-electron chi connectivity index (χ2n) is 9.18. The summed E-state index contributed by atoms with van der Waals surface area (Å²) < 4.78 is 0.570. The Kier molecular flexibility index (Phi) is 8.76. The highest BCUT2D eigenvalue weighted by Crippen LogP contribution is 2.49. The lowest BCUT2D eigenvalue weighted by Gasteiger charge is -2.38. The summed E-state index contributed by atoms with van der Waals surface area (Å²) in [5.41, 5.74) is 9.53. The van der Waals surface area contributed by atoms with E-state index in [4.69, 9.17) is 28.9 Å². The number of anilines is 1. The van der Waals surface area contributed by atoms with Crippen LogP contribution in [0, 0.1) is 11.3 Å². The summed E-state index contributed by atoms with van der Waals surface area (Å²) in [4.78, 5) is 27.3. The molecule has 1 aliphatic heterocycles. The maximum absolute atomic E-state index is 13.3. The number of benzene rings is 2. The molecule has 2 aliphatic rings. The average Bonchev–Trinajstić information content (AvgIpc) is 3.41. The molecule has 0 spiro atoms. The molecule has 204 valence electrons. The van der Waals surface area contributed by atoms with Gasteiger partial charge in [0.2, 0.25) is 11.0 Å². The van der Waals surface area contributed by atoms with E-state index in [9.17, 15) is 14.9 Å². The van der Waals surface area contributed by atoms with E-state index in [1.807, 2.05) is 30.3 Å². The van der Waals surface area contributed by atoms with Gasteiger partial charge in [-0.1, -0.05) is 82.7 Å². The number of hydrogen-bond donors (Lipinski definition) is 2. The van der Waals surface area contributed by atoms with E-state index in [-0.39, 0.29) is 28.8 Å². The summed E-state index contributed by atoms with van der Waals surface area (Å²) in [5, 5.41) is 22.8. The first-order chi connectivity index (χ1) is 19.4. The van der Waals surface area contributed by atoms with E-state index in [2.05, 4.69) is 21.6 Å². The van der Waals surface area contributed by atoms with Gasteiger partial charge in [-0.15, -0.1) is 10.2 Å². The van der Waals surface area contributed by atoms with E-state index >= 15 is 0 Å². The lowest BCUT2D eigenvalue weighted by Crippen LogP contribution is -2.38. The summed E-state index contributed by atoms with van der Waals surface area (Å²) in [6.45, 7) is 0.540. The summed E-state index contributed by atoms with van der Waals surface area (Å²) >= 11 is 15.6. The van der Waals surface area contributed by atoms with Gasteiger partial charge in [-0.25, -0.2) is 0 Å². The molecular weight excluding hydrogens is 587 g/mol. The van der Waals surface area contributed by atoms with Gasteiger partial charge in [-0.2, -0.15) is 5.26 Å². The third-order valence-electron chi connectivity index (χ3n) is 6.69. The first-order valence-electron chi connectivity index (χ1n) is 12.6. The van der Waals surface area contributed by atoms with Crippen LogP contribution in [0.25, 0.3) is 0 Å². The molecule has 1 atom stereocenters. The van der Waals surface area contributed by atoms with Gasteiger partial charge in [0.25, 0.3) is 0 Å². The molecule has 2 heterocycles. The van der Waals surface area contributed by atoms with Gasteiger partial charge in [0, 0.05) is 39.8 Å². The third-order valence-corrected chi connectivity index (χ3v) is 9.40. The normalized spacial score (nSPS) is 17.1. The summed E-state index contributed by atoms with van der Waals surface area (Å²) in [5.74, 6) is -0.629. The number of halogens is 2. The minimum atomic E-state index is -0.772. The molecule has 0 fully saturated rings. The van der Waals surface area contributed by atoms with Gasteiger partial charge >= 0.3 is 0 Å². The SMILES string of the molecule is N#CC1=C(N)N(c2nnc(SCC(=O)NCCc3ccccc3)s2)C2=C(C(=O)CCC2)C1c1c(Cl)cccc1Cl. The van der Waals surface area contributed by atoms with E-state index in [1.165, 1.54) is 23.1 Å². The molecule has 3 N–H and O–H groups in total. The molecule has 5 rings (SSSR count). The number of allylic oxidation sites excluding steroid dienone is 3. The molecule has 1 aliphatic carbocycles. The van der Waals surface area contributed by atoms with Crippen LogP contribution in [0.4, 0.5) is 5.13 Å². The fraction of sp³-hybridized carbons (Fsp3) is 0.250. The van der Waals surface area contributed by atoms with Crippen LogP contribution in [0.1, 0.15) is 36.3 Å². The Morgan fingerprint density at radius 1 is 1.15 bits per heavy atom. The van der Waals surface area contributed by atoms with Gasteiger partial charge < -0.3 is 11.1 Å². The van der Waals surface area contributed by atoms with Gasteiger partial charge in [-0.3, -0.25) is 14.5 Å². The van der Waals surface area contributed by atoms with Crippen molar-refractivity contribution < 1.29 is 9.59 Å². The molecule has 2 aromatic carbocycles. The minimum Gasteiger partial charge on any atom is -0.384 e. The minimum absolute atomic E-state index is 0.0845. The number of amides is 1. The van der Waals surface area contributed by atoms with E-state index in [1.54, 1.807) is 23.1 Å². The second kappa shape index (κ2) is 12.4. The molecule has 0 saturated heterocycles. The van der Waals surface area contributed by atoms with Crippen LogP contribution < -0.4 is 16.0 Å². The Morgan fingerprint density at radius 3 is 2.62 bits per heavy atom. The maximum Gasteiger partial charge on any atom is 0.230 e. The number of nitrogens with one attached hydrogen (secondary N) is 1. The number of ketones is 1. The number of hydrogen-bond acceptors (Lipinski definition) is 9. The van der Waals surface area contributed by atoms with Crippen LogP contribution >= 0.6 is 46.3 Å². The van der Waals surface area contributed by atoms with Crippen LogP contribution in [-0.2, 0) is 16.0 Å². The molecule has 1 aromatic heterocycles. The predicted molar refractivity (Wildman–Crippen MR) is 158 cm³/mol. The van der Waals surface area contributed by atoms with Crippen LogP contribution in [0.15, 0.2) is 75.5 Å². The fourth-order valence-electron chi connectivity index (χ4n) is 4.90. The van der Waals surface area contributed by atoms with Crippen molar-refractivity contribution in [2.24, 2.45) is 5.73 Å². The van der Waals surface area contributed by atoms with Crippen LogP contribution in [0.2, 0.25) is 10.0 Å². The average molecular weight is 612 g/mol. The summed E-state index contributed by atoms with van der Waals surface area (Å²) in [6.07, 6.45) is 2.29. The number of nitrogens with two attached hydrogens (primary N) is 1. The largest absolute Gasteiger partial charge is 0.384 e. The zero-order valence-corrected chi connectivity index (χ0v) is 24.3. The molecule has 0 saturated carbocycles. The summed E-state index contributed by atoms with van der Waals surface area (Å²) in [6, 6.07) is 17.2. The van der Waals surface area contributed by atoms with Crippen molar-refractivity contribution in [3.8, 4) is 6.07 Å². The monoisotopic (exact) mass is 610 g/mol. The van der Waals surface area contributed by atoms with Crippen molar-refractivity contribution in [3.63, 3.8) is 0 Å². The lowest BCUT2D eigenvalue weighted by molar-refractivity contribution is -0.118. The topological polar surface area (TPSA) is 125 Å². The Morgan fingerprint density at radius 2 is 1.90 bits per heavy atom.